The number of rotatable bonds is 3. The molecule has 0 saturated carbocycles. The molecule has 1 unspecified atom stereocenters. The number of carboxylic acids is 1. The molecule has 0 aliphatic carbocycles. The fourth-order valence-corrected chi connectivity index (χ4v) is 2.37. The number of anilines is 1. The second-order valence-electron chi connectivity index (χ2n) is 4.66. The van der Waals surface area contributed by atoms with Gasteiger partial charge in [0.2, 0.25) is 5.91 Å². The molecule has 1 aliphatic rings. The second-order valence-corrected chi connectivity index (χ2v) is 4.66. The van der Waals surface area contributed by atoms with Crippen molar-refractivity contribution in [3.05, 3.63) is 23.9 Å². The minimum absolute atomic E-state index is 0.346. The Morgan fingerprint density at radius 3 is 2.84 bits per heavy atom. The molecule has 1 atom stereocenters. The van der Waals surface area contributed by atoms with Crippen LogP contribution in [-0.2, 0) is 4.79 Å². The minimum atomic E-state index is -0.854. The van der Waals surface area contributed by atoms with E-state index in [1.54, 1.807) is 11.0 Å². The molecule has 19 heavy (non-hydrogen) atoms. The van der Waals surface area contributed by atoms with Crippen LogP contribution < -0.4 is 10.6 Å². The van der Waals surface area contributed by atoms with Crippen molar-refractivity contribution in [2.24, 2.45) is 5.73 Å². The molecule has 6 nitrogen and oxygen atoms in total. The van der Waals surface area contributed by atoms with Gasteiger partial charge in [0.05, 0.1) is 0 Å². The summed E-state index contributed by atoms with van der Waals surface area (Å²) in [5, 5.41) is 9.31. The third-order valence-electron chi connectivity index (χ3n) is 3.36. The van der Waals surface area contributed by atoms with E-state index in [-0.39, 0.29) is 0 Å². The van der Waals surface area contributed by atoms with E-state index in [1.807, 2.05) is 0 Å². The average Bonchev–Trinajstić information content (AvgIpc) is 2.64. The van der Waals surface area contributed by atoms with Crippen LogP contribution in [0.5, 0.6) is 0 Å². The summed E-state index contributed by atoms with van der Waals surface area (Å²) in [4.78, 5) is 28.5. The largest absolute Gasteiger partial charge is 0.480 e. The van der Waals surface area contributed by atoms with Gasteiger partial charge in [-0.05, 0) is 25.0 Å². The van der Waals surface area contributed by atoms with Gasteiger partial charge in [0, 0.05) is 18.3 Å². The first-order chi connectivity index (χ1) is 9.09. The summed E-state index contributed by atoms with van der Waals surface area (Å²) < 4.78 is 0. The Morgan fingerprint density at radius 2 is 2.16 bits per heavy atom. The summed E-state index contributed by atoms with van der Waals surface area (Å²) >= 11 is 0. The van der Waals surface area contributed by atoms with Crippen molar-refractivity contribution in [2.75, 3.05) is 11.4 Å². The van der Waals surface area contributed by atoms with Crippen molar-refractivity contribution < 1.29 is 14.7 Å². The van der Waals surface area contributed by atoms with Crippen LogP contribution in [0.1, 0.15) is 36.0 Å². The summed E-state index contributed by atoms with van der Waals surface area (Å²) in [6.45, 7) is 0.631. The Bertz CT molecular complexity index is 490. The second kappa shape index (κ2) is 5.69. The molecule has 1 fully saturated rings. The Kier molecular flexibility index (Phi) is 3.99. The van der Waals surface area contributed by atoms with Crippen LogP contribution in [0, 0.1) is 0 Å². The average molecular weight is 263 g/mol. The molecule has 1 aromatic rings. The summed E-state index contributed by atoms with van der Waals surface area (Å²) in [6, 6.07) is 2.50. The molecule has 1 amide bonds. The molecule has 6 heteroatoms. The summed E-state index contributed by atoms with van der Waals surface area (Å²) in [6.07, 6.45) is 4.90. The highest BCUT2D eigenvalue weighted by Gasteiger charge is 2.28. The summed E-state index contributed by atoms with van der Waals surface area (Å²) in [5.74, 6) is -0.885. The number of carbonyl (C=O) groups excluding carboxylic acids is 1. The summed E-state index contributed by atoms with van der Waals surface area (Å²) in [5.41, 5.74) is 5.58. The maximum atomic E-state index is 11.3. The molecule has 1 aromatic heterocycles. The van der Waals surface area contributed by atoms with Crippen LogP contribution in [0.2, 0.25) is 0 Å². The first kappa shape index (κ1) is 13.3. The number of nitrogens with zero attached hydrogens (tertiary/aromatic N) is 2. The molecule has 102 valence electrons. The van der Waals surface area contributed by atoms with Gasteiger partial charge in [-0.15, -0.1) is 0 Å². The Balaban J connectivity index is 2.33. The number of aliphatic carboxylic acids is 1. The SMILES string of the molecule is NC(=O)c1ccnc(N2CCCCCC2C(=O)O)c1. The zero-order chi connectivity index (χ0) is 13.8. The molecular formula is C13H17N3O3. The maximum Gasteiger partial charge on any atom is 0.326 e. The van der Waals surface area contributed by atoms with E-state index in [9.17, 15) is 14.7 Å². The van der Waals surface area contributed by atoms with Gasteiger partial charge in [-0.3, -0.25) is 4.79 Å². The molecule has 0 radical (unpaired) electrons. The first-order valence-electron chi connectivity index (χ1n) is 6.35. The minimum Gasteiger partial charge on any atom is -0.480 e. The number of hydrogen-bond donors (Lipinski definition) is 2. The maximum absolute atomic E-state index is 11.3. The Hall–Kier alpha value is -2.11. The molecule has 0 spiro atoms. The number of carbonyl (C=O) groups is 2. The van der Waals surface area contributed by atoms with E-state index in [0.717, 1.165) is 19.3 Å². The smallest absolute Gasteiger partial charge is 0.326 e. The van der Waals surface area contributed by atoms with Gasteiger partial charge in [-0.2, -0.15) is 0 Å². The van der Waals surface area contributed by atoms with E-state index >= 15 is 0 Å². The number of aromatic nitrogens is 1. The lowest BCUT2D eigenvalue weighted by Crippen LogP contribution is -2.41. The number of pyridine rings is 1. The molecule has 3 N–H and O–H groups in total. The van der Waals surface area contributed by atoms with Crippen molar-refractivity contribution >= 4 is 17.7 Å². The lowest BCUT2D eigenvalue weighted by Gasteiger charge is -2.28. The van der Waals surface area contributed by atoms with E-state index in [1.165, 1.54) is 12.3 Å². The van der Waals surface area contributed by atoms with Gasteiger partial charge in [0.25, 0.3) is 0 Å². The van der Waals surface area contributed by atoms with Crippen molar-refractivity contribution in [2.45, 2.75) is 31.7 Å². The molecule has 0 aromatic carbocycles. The predicted molar refractivity (Wildman–Crippen MR) is 70.0 cm³/mol. The van der Waals surface area contributed by atoms with E-state index < -0.39 is 17.9 Å². The van der Waals surface area contributed by atoms with E-state index in [0.29, 0.717) is 24.3 Å². The molecular weight excluding hydrogens is 246 g/mol. The number of amides is 1. The normalized spacial score (nSPS) is 19.8. The highest BCUT2D eigenvalue weighted by atomic mass is 16.4. The Labute approximate surface area is 111 Å². The summed E-state index contributed by atoms with van der Waals surface area (Å²) in [7, 11) is 0. The zero-order valence-corrected chi connectivity index (χ0v) is 10.6. The number of primary amides is 1. The standard InChI is InChI=1S/C13H17N3O3/c14-12(17)9-5-6-15-11(8-9)16-7-3-1-2-4-10(16)13(18)19/h5-6,8,10H,1-4,7H2,(H2,14,17)(H,18,19). The highest BCUT2D eigenvalue weighted by molar-refractivity contribution is 5.93. The van der Waals surface area contributed by atoms with Gasteiger partial charge in [-0.1, -0.05) is 12.8 Å². The third kappa shape index (κ3) is 3.01. The monoisotopic (exact) mass is 263 g/mol. The fraction of sp³-hybridized carbons (Fsp3) is 0.462. The Morgan fingerprint density at radius 1 is 1.37 bits per heavy atom. The van der Waals surface area contributed by atoms with Crippen molar-refractivity contribution in [1.82, 2.24) is 4.98 Å². The van der Waals surface area contributed by atoms with Gasteiger partial charge in [0.1, 0.15) is 11.9 Å². The quantitative estimate of drug-likeness (QED) is 0.848. The van der Waals surface area contributed by atoms with Crippen LogP contribution >= 0.6 is 0 Å². The fourth-order valence-electron chi connectivity index (χ4n) is 2.37. The number of nitrogens with two attached hydrogens (primary N) is 1. The molecule has 2 rings (SSSR count). The van der Waals surface area contributed by atoms with E-state index in [4.69, 9.17) is 5.73 Å². The highest BCUT2D eigenvalue weighted by Crippen LogP contribution is 2.23. The zero-order valence-electron chi connectivity index (χ0n) is 10.6. The first-order valence-corrected chi connectivity index (χ1v) is 6.35. The third-order valence-corrected chi connectivity index (χ3v) is 3.36. The number of hydrogen-bond acceptors (Lipinski definition) is 4. The van der Waals surface area contributed by atoms with Gasteiger partial charge in [-0.25, -0.2) is 9.78 Å². The number of carboxylic acid groups (broad SMARTS) is 1. The van der Waals surface area contributed by atoms with Gasteiger partial charge in [0.15, 0.2) is 0 Å². The molecule has 1 saturated heterocycles. The lowest BCUT2D eigenvalue weighted by atomic mass is 10.1. The lowest BCUT2D eigenvalue weighted by molar-refractivity contribution is -0.138. The van der Waals surface area contributed by atoms with Crippen LogP contribution in [0.4, 0.5) is 5.82 Å². The van der Waals surface area contributed by atoms with Crippen molar-refractivity contribution in [3.8, 4) is 0 Å². The van der Waals surface area contributed by atoms with Crippen LogP contribution in [-0.4, -0.2) is 34.6 Å². The van der Waals surface area contributed by atoms with Gasteiger partial charge >= 0.3 is 5.97 Å². The van der Waals surface area contributed by atoms with Crippen LogP contribution in [0.15, 0.2) is 18.3 Å². The topological polar surface area (TPSA) is 96.5 Å². The van der Waals surface area contributed by atoms with E-state index in [2.05, 4.69) is 4.98 Å². The van der Waals surface area contributed by atoms with Crippen molar-refractivity contribution in [3.63, 3.8) is 0 Å². The molecule has 0 bridgehead atoms. The molecule has 2 heterocycles. The molecule has 1 aliphatic heterocycles. The van der Waals surface area contributed by atoms with Crippen molar-refractivity contribution in [1.29, 1.82) is 0 Å². The van der Waals surface area contributed by atoms with Crippen LogP contribution in [0.3, 0.4) is 0 Å². The van der Waals surface area contributed by atoms with Gasteiger partial charge < -0.3 is 15.7 Å². The predicted octanol–water partition coefficient (Wildman–Crippen LogP) is 1.01. The van der Waals surface area contributed by atoms with Crippen LogP contribution in [0.25, 0.3) is 0 Å².